The van der Waals surface area contributed by atoms with Gasteiger partial charge in [0.15, 0.2) is 0 Å². The molecule has 1 fully saturated rings. The van der Waals surface area contributed by atoms with Gasteiger partial charge in [-0.25, -0.2) is 0 Å². The van der Waals surface area contributed by atoms with Crippen molar-refractivity contribution in [3.05, 3.63) is 0 Å². The van der Waals surface area contributed by atoms with Crippen molar-refractivity contribution >= 4 is 5.97 Å². The Hall–Kier alpha value is -0.570. The van der Waals surface area contributed by atoms with Gasteiger partial charge in [-0.3, -0.25) is 4.79 Å². The van der Waals surface area contributed by atoms with Crippen molar-refractivity contribution in [2.75, 3.05) is 13.2 Å². The average Bonchev–Trinajstić information content (AvgIpc) is 2.48. The van der Waals surface area contributed by atoms with Crippen LogP contribution in [-0.4, -0.2) is 25.3 Å². The van der Waals surface area contributed by atoms with Gasteiger partial charge in [0.1, 0.15) is 0 Å². The Morgan fingerprint density at radius 3 is 3.00 bits per heavy atom. The van der Waals surface area contributed by atoms with Gasteiger partial charge in [0.25, 0.3) is 0 Å². The molecule has 0 spiro atoms. The summed E-state index contributed by atoms with van der Waals surface area (Å²) in [5, 5.41) is 0. The normalized spacial score (nSPS) is 23.4. The van der Waals surface area contributed by atoms with Crippen molar-refractivity contribution in [2.24, 2.45) is 0 Å². The highest BCUT2D eigenvalue weighted by Gasteiger charge is 2.21. The molecule has 3 nitrogen and oxygen atoms in total. The van der Waals surface area contributed by atoms with Crippen LogP contribution in [0.15, 0.2) is 0 Å². The van der Waals surface area contributed by atoms with Crippen molar-refractivity contribution in [3.8, 4) is 0 Å². The number of carbonyl (C=O) groups is 1. The fraction of sp³-hybridized carbons (Fsp3) is 0.833. The van der Waals surface area contributed by atoms with Crippen LogP contribution >= 0.6 is 0 Å². The Kier molecular flexibility index (Phi) is 2.05. The van der Waals surface area contributed by atoms with E-state index in [9.17, 15) is 4.79 Å². The predicted molar refractivity (Wildman–Crippen MR) is 31.0 cm³/mol. The SMILES string of the molecule is CC(=O)OCC[C@H]1CO1. The highest BCUT2D eigenvalue weighted by molar-refractivity contribution is 5.65. The summed E-state index contributed by atoms with van der Waals surface area (Å²) in [7, 11) is 0. The van der Waals surface area contributed by atoms with E-state index in [1.165, 1.54) is 6.92 Å². The summed E-state index contributed by atoms with van der Waals surface area (Å²) >= 11 is 0. The third-order valence-electron chi connectivity index (χ3n) is 1.15. The lowest BCUT2D eigenvalue weighted by atomic mass is 10.3. The van der Waals surface area contributed by atoms with Crippen molar-refractivity contribution < 1.29 is 14.3 Å². The predicted octanol–water partition coefficient (Wildman–Crippen LogP) is 0.338. The van der Waals surface area contributed by atoms with Crippen molar-refractivity contribution in [3.63, 3.8) is 0 Å². The van der Waals surface area contributed by atoms with Crippen LogP contribution in [0.2, 0.25) is 0 Å². The molecule has 0 aromatic heterocycles. The molecule has 0 N–H and O–H groups in total. The van der Waals surface area contributed by atoms with Gasteiger partial charge in [-0.1, -0.05) is 0 Å². The van der Waals surface area contributed by atoms with E-state index in [0.717, 1.165) is 13.0 Å². The third kappa shape index (κ3) is 3.08. The monoisotopic (exact) mass is 130 g/mol. The fourth-order valence-electron chi connectivity index (χ4n) is 0.569. The average molecular weight is 130 g/mol. The molecule has 1 aliphatic rings. The van der Waals surface area contributed by atoms with E-state index in [-0.39, 0.29) is 5.97 Å². The number of esters is 1. The molecule has 3 heteroatoms. The van der Waals surface area contributed by atoms with Crippen LogP contribution in [0.5, 0.6) is 0 Å². The smallest absolute Gasteiger partial charge is 0.302 e. The van der Waals surface area contributed by atoms with E-state index in [4.69, 9.17) is 4.74 Å². The summed E-state index contributed by atoms with van der Waals surface area (Å²) in [5.41, 5.74) is 0. The molecule has 0 aliphatic carbocycles. The number of hydrogen-bond acceptors (Lipinski definition) is 3. The molecule has 1 saturated heterocycles. The molecule has 1 aliphatic heterocycles. The Morgan fingerprint density at radius 1 is 1.89 bits per heavy atom. The van der Waals surface area contributed by atoms with Crippen LogP contribution in [0.4, 0.5) is 0 Å². The Balaban J connectivity index is 1.86. The first-order valence-corrected chi connectivity index (χ1v) is 3.04. The number of epoxide rings is 1. The van der Waals surface area contributed by atoms with Crippen molar-refractivity contribution in [2.45, 2.75) is 19.4 Å². The molecule has 1 rings (SSSR count). The lowest BCUT2D eigenvalue weighted by Crippen LogP contribution is -2.02. The molecule has 0 aromatic rings. The van der Waals surface area contributed by atoms with Crippen LogP contribution in [0.1, 0.15) is 13.3 Å². The molecule has 0 bridgehead atoms. The highest BCUT2D eigenvalue weighted by Crippen LogP contribution is 2.12. The maximum atomic E-state index is 10.2. The summed E-state index contributed by atoms with van der Waals surface area (Å²) in [6, 6.07) is 0. The second-order valence-corrected chi connectivity index (χ2v) is 2.08. The van der Waals surface area contributed by atoms with Gasteiger partial charge in [0.05, 0.1) is 19.3 Å². The Bertz CT molecular complexity index is 107. The fourth-order valence-corrected chi connectivity index (χ4v) is 0.569. The molecule has 52 valence electrons. The minimum atomic E-state index is -0.212. The van der Waals surface area contributed by atoms with Crippen LogP contribution in [-0.2, 0) is 14.3 Å². The van der Waals surface area contributed by atoms with Gasteiger partial charge < -0.3 is 9.47 Å². The van der Waals surface area contributed by atoms with E-state index in [1.54, 1.807) is 0 Å². The molecule has 0 unspecified atom stereocenters. The van der Waals surface area contributed by atoms with Gasteiger partial charge in [-0.05, 0) is 0 Å². The van der Waals surface area contributed by atoms with E-state index in [1.807, 2.05) is 0 Å². The summed E-state index contributed by atoms with van der Waals surface area (Å²) in [6.45, 7) is 2.75. The second-order valence-electron chi connectivity index (χ2n) is 2.08. The van der Waals surface area contributed by atoms with Gasteiger partial charge in [0.2, 0.25) is 0 Å². The number of hydrogen-bond donors (Lipinski definition) is 0. The zero-order chi connectivity index (χ0) is 6.69. The number of ether oxygens (including phenoxy) is 2. The molecule has 0 aromatic carbocycles. The van der Waals surface area contributed by atoms with E-state index < -0.39 is 0 Å². The summed E-state index contributed by atoms with van der Waals surface area (Å²) in [6.07, 6.45) is 1.21. The van der Waals surface area contributed by atoms with Gasteiger partial charge >= 0.3 is 5.97 Å². The largest absolute Gasteiger partial charge is 0.466 e. The zero-order valence-corrected chi connectivity index (χ0v) is 5.42. The maximum absolute atomic E-state index is 10.2. The minimum Gasteiger partial charge on any atom is -0.466 e. The lowest BCUT2D eigenvalue weighted by molar-refractivity contribution is -0.141. The molecule has 0 amide bonds. The summed E-state index contributed by atoms with van der Waals surface area (Å²) < 4.78 is 9.57. The van der Waals surface area contributed by atoms with E-state index in [0.29, 0.717) is 12.7 Å². The summed E-state index contributed by atoms with van der Waals surface area (Å²) in [5.74, 6) is -0.212. The lowest BCUT2D eigenvalue weighted by Gasteiger charge is -1.96. The van der Waals surface area contributed by atoms with Crippen LogP contribution in [0, 0.1) is 0 Å². The topological polar surface area (TPSA) is 38.8 Å². The molecule has 1 heterocycles. The second kappa shape index (κ2) is 2.82. The van der Waals surface area contributed by atoms with Gasteiger partial charge in [-0.2, -0.15) is 0 Å². The van der Waals surface area contributed by atoms with Crippen molar-refractivity contribution in [1.82, 2.24) is 0 Å². The molecule has 0 radical (unpaired) electrons. The minimum absolute atomic E-state index is 0.212. The molecular weight excluding hydrogens is 120 g/mol. The first-order chi connectivity index (χ1) is 4.29. The Labute approximate surface area is 53.9 Å². The maximum Gasteiger partial charge on any atom is 0.302 e. The number of rotatable bonds is 3. The molecular formula is C6H10O3. The van der Waals surface area contributed by atoms with E-state index >= 15 is 0 Å². The van der Waals surface area contributed by atoms with Gasteiger partial charge in [-0.15, -0.1) is 0 Å². The zero-order valence-electron chi connectivity index (χ0n) is 5.42. The van der Waals surface area contributed by atoms with E-state index in [2.05, 4.69) is 4.74 Å². The van der Waals surface area contributed by atoms with Gasteiger partial charge in [0, 0.05) is 13.3 Å². The quantitative estimate of drug-likeness (QED) is 0.408. The summed E-state index contributed by atoms with van der Waals surface area (Å²) in [4.78, 5) is 10.2. The molecule has 0 saturated carbocycles. The Morgan fingerprint density at radius 2 is 2.56 bits per heavy atom. The first kappa shape index (κ1) is 6.55. The first-order valence-electron chi connectivity index (χ1n) is 3.04. The van der Waals surface area contributed by atoms with Crippen LogP contribution < -0.4 is 0 Å². The molecule has 9 heavy (non-hydrogen) atoms. The van der Waals surface area contributed by atoms with Crippen LogP contribution in [0.3, 0.4) is 0 Å². The molecule has 1 atom stereocenters. The number of carbonyl (C=O) groups excluding carboxylic acids is 1. The van der Waals surface area contributed by atoms with Crippen molar-refractivity contribution in [1.29, 1.82) is 0 Å². The third-order valence-corrected chi connectivity index (χ3v) is 1.15. The standard InChI is InChI=1S/C6H10O3/c1-5(7)8-3-2-6-4-9-6/h6H,2-4H2,1H3/t6-/m0/s1. The highest BCUT2D eigenvalue weighted by atomic mass is 16.6. The van der Waals surface area contributed by atoms with Crippen LogP contribution in [0.25, 0.3) is 0 Å².